The number of carbonyl (C=O) groups excluding carboxylic acids is 3. The van der Waals surface area contributed by atoms with E-state index in [0.29, 0.717) is 18.5 Å². The molecule has 3 saturated heterocycles. The molecule has 0 radical (unpaired) electrons. The van der Waals surface area contributed by atoms with E-state index in [1.807, 2.05) is 39.0 Å². The minimum absolute atomic E-state index is 0.255. The fourth-order valence-corrected chi connectivity index (χ4v) is 5.99. The Labute approximate surface area is 182 Å². The molecule has 2 bridgehead atoms. The van der Waals surface area contributed by atoms with Crippen LogP contribution in [-0.4, -0.2) is 64.7 Å². The fraction of sp³-hybridized carbons (Fsp3) is 0.609. The molecule has 3 N–H and O–H groups in total. The highest BCUT2D eigenvalue weighted by atomic mass is 16.5. The molecule has 1 aromatic carbocycles. The molecule has 0 aromatic heterocycles. The summed E-state index contributed by atoms with van der Waals surface area (Å²) in [6.07, 6.45) is 1.09. The Hall–Kier alpha value is -2.45. The van der Waals surface area contributed by atoms with Crippen molar-refractivity contribution in [1.29, 1.82) is 0 Å². The first-order chi connectivity index (χ1) is 14.6. The highest BCUT2D eigenvalue weighted by Gasteiger charge is 2.78. The van der Waals surface area contributed by atoms with Crippen LogP contribution in [0, 0.1) is 25.7 Å². The molecule has 2 unspecified atom stereocenters. The van der Waals surface area contributed by atoms with Crippen LogP contribution in [0.4, 0.5) is 5.69 Å². The Bertz CT molecular complexity index is 929. The van der Waals surface area contributed by atoms with Crippen molar-refractivity contribution in [2.45, 2.75) is 63.8 Å². The Morgan fingerprint density at radius 1 is 1.26 bits per heavy atom. The molecule has 6 atom stereocenters. The quantitative estimate of drug-likeness (QED) is 0.650. The van der Waals surface area contributed by atoms with Crippen molar-refractivity contribution in [2.75, 3.05) is 19.0 Å². The SMILES string of the molecule is CNC(=O)[C@H]1[C@H]2C(=O)N([C@H](C)CO)C(C(=O)Nc3c(C)cccc3C)C23CC[C@]1(C)O3. The van der Waals surface area contributed by atoms with Crippen LogP contribution >= 0.6 is 0 Å². The first-order valence-corrected chi connectivity index (χ1v) is 10.8. The third-order valence-electron chi connectivity index (χ3n) is 7.46. The van der Waals surface area contributed by atoms with Crippen LogP contribution in [0.1, 0.15) is 37.8 Å². The van der Waals surface area contributed by atoms with Gasteiger partial charge in [-0.1, -0.05) is 18.2 Å². The molecule has 31 heavy (non-hydrogen) atoms. The summed E-state index contributed by atoms with van der Waals surface area (Å²) in [5.74, 6) is -2.34. The van der Waals surface area contributed by atoms with Crippen molar-refractivity contribution >= 4 is 23.4 Å². The van der Waals surface area contributed by atoms with E-state index in [9.17, 15) is 19.5 Å². The molecular weight excluding hydrogens is 398 g/mol. The first kappa shape index (κ1) is 21.8. The van der Waals surface area contributed by atoms with E-state index in [4.69, 9.17) is 4.74 Å². The van der Waals surface area contributed by atoms with Gasteiger partial charge in [-0.25, -0.2) is 0 Å². The number of rotatable bonds is 5. The van der Waals surface area contributed by atoms with Crippen LogP contribution in [0.15, 0.2) is 18.2 Å². The molecule has 3 fully saturated rings. The van der Waals surface area contributed by atoms with Gasteiger partial charge in [0, 0.05) is 12.7 Å². The molecule has 3 aliphatic rings. The van der Waals surface area contributed by atoms with Crippen molar-refractivity contribution in [3.05, 3.63) is 29.3 Å². The summed E-state index contributed by atoms with van der Waals surface area (Å²) in [5, 5.41) is 15.5. The van der Waals surface area contributed by atoms with Crippen molar-refractivity contribution in [3.8, 4) is 0 Å². The number of aliphatic hydroxyl groups is 1. The van der Waals surface area contributed by atoms with E-state index in [0.717, 1.165) is 11.1 Å². The number of nitrogens with one attached hydrogen (secondary N) is 2. The zero-order valence-corrected chi connectivity index (χ0v) is 18.7. The maximum absolute atomic E-state index is 13.7. The minimum Gasteiger partial charge on any atom is -0.394 e. The topological polar surface area (TPSA) is 108 Å². The number of fused-ring (bicyclic) bond motifs is 1. The van der Waals surface area contributed by atoms with Gasteiger partial charge in [0.05, 0.1) is 30.1 Å². The smallest absolute Gasteiger partial charge is 0.250 e. The number of likely N-dealkylation sites (tertiary alicyclic amines) is 1. The number of anilines is 1. The number of aliphatic hydroxyl groups excluding tert-OH is 1. The van der Waals surface area contributed by atoms with Gasteiger partial charge in [0.25, 0.3) is 0 Å². The van der Waals surface area contributed by atoms with E-state index in [1.165, 1.54) is 4.90 Å². The van der Waals surface area contributed by atoms with Crippen LogP contribution in [0.2, 0.25) is 0 Å². The summed E-state index contributed by atoms with van der Waals surface area (Å²) in [4.78, 5) is 41.5. The van der Waals surface area contributed by atoms with Gasteiger partial charge in [0.2, 0.25) is 17.7 Å². The molecule has 168 valence electrons. The molecule has 0 aliphatic carbocycles. The number of hydrogen-bond donors (Lipinski definition) is 3. The predicted molar refractivity (Wildman–Crippen MR) is 114 cm³/mol. The van der Waals surface area contributed by atoms with Crippen LogP contribution in [0.25, 0.3) is 0 Å². The number of carbonyl (C=O) groups is 3. The van der Waals surface area contributed by atoms with E-state index in [-0.39, 0.29) is 24.3 Å². The van der Waals surface area contributed by atoms with E-state index >= 15 is 0 Å². The summed E-state index contributed by atoms with van der Waals surface area (Å²) in [5.41, 5.74) is 0.651. The van der Waals surface area contributed by atoms with E-state index < -0.39 is 35.1 Å². The molecule has 8 nitrogen and oxygen atoms in total. The van der Waals surface area contributed by atoms with Gasteiger partial charge in [-0.05, 0) is 51.7 Å². The lowest BCUT2D eigenvalue weighted by Gasteiger charge is -2.36. The van der Waals surface area contributed by atoms with Crippen LogP contribution < -0.4 is 10.6 Å². The standard InChI is InChI=1S/C23H31N3O5/c1-12-7-6-8-13(2)17(12)25-20(29)18-23-10-9-22(4,31-23)15(19(28)24-5)16(23)21(30)26(18)14(3)11-27/h6-8,14-16,18,27H,9-11H2,1-5H3,(H,24,28)(H,25,29)/t14-,15-,16+,18?,22+,23?/m1/s1. The second-order valence-corrected chi connectivity index (χ2v) is 9.37. The lowest BCUT2D eigenvalue weighted by molar-refractivity contribution is -0.147. The normalized spacial score (nSPS) is 34.6. The molecule has 3 amide bonds. The number of amides is 3. The summed E-state index contributed by atoms with van der Waals surface area (Å²) >= 11 is 0. The lowest BCUT2D eigenvalue weighted by atomic mass is 9.66. The van der Waals surface area contributed by atoms with Gasteiger partial charge >= 0.3 is 0 Å². The Morgan fingerprint density at radius 3 is 2.48 bits per heavy atom. The Kier molecular flexibility index (Phi) is 5.13. The minimum atomic E-state index is -1.09. The monoisotopic (exact) mass is 429 g/mol. The highest BCUT2D eigenvalue weighted by molar-refractivity contribution is 6.04. The molecule has 3 aliphatic heterocycles. The maximum Gasteiger partial charge on any atom is 0.250 e. The number of nitrogens with zero attached hydrogens (tertiary/aromatic N) is 1. The molecule has 3 heterocycles. The molecular formula is C23H31N3O5. The summed E-state index contributed by atoms with van der Waals surface area (Å²) in [6.45, 7) is 7.10. The van der Waals surface area contributed by atoms with Gasteiger partial charge in [-0.15, -0.1) is 0 Å². The summed E-state index contributed by atoms with van der Waals surface area (Å²) in [7, 11) is 1.54. The zero-order valence-electron chi connectivity index (χ0n) is 18.7. The molecule has 0 saturated carbocycles. The number of benzene rings is 1. The van der Waals surface area contributed by atoms with Gasteiger partial charge in [0.15, 0.2) is 0 Å². The van der Waals surface area contributed by atoms with Gasteiger partial charge < -0.3 is 25.4 Å². The zero-order chi connectivity index (χ0) is 22.7. The lowest BCUT2D eigenvalue weighted by Crippen LogP contribution is -2.56. The highest BCUT2D eigenvalue weighted by Crippen LogP contribution is 2.63. The fourth-order valence-electron chi connectivity index (χ4n) is 5.99. The summed E-state index contributed by atoms with van der Waals surface area (Å²) in [6, 6.07) is 4.24. The van der Waals surface area contributed by atoms with Gasteiger partial charge in [0.1, 0.15) is 11.6 Å². The van der Waals surface area contributed by atoms with Gasteiger partial charge in [-0.2, -0.15) is 0 Å². The van der Waals surface area contributed by atoms with E-state index in [2.05, 4.69) is 10.6 Å². The summed E-state index contributed by atoms with van der Waals surface area (Å²) < 4.78 is 6.47. The third kappa shape index (κ3) is 2.91. The molecule has 1 aromatic rings. The Balaban J connectivity index is 1.79. The number of aryl methyl sites for hydroxylation is 2. The number of ether oxygens (including phenoxy) is 1. The molecule has 1 spiro atoms. The average molecular weight is 430 g/mol. The number of hydrogen-bond acceptors (Lipinski definition) is 5. The van der Waals surface area contributed by atoms with Crippen LogP contribution in [-0.2, 0) is 19.1 Å². The van der Waals surface area contributed by atoms with Crippen molar-refractivity contribution in [2.24, 2.45) is 11.8 Å². The predicted octanol–water partition coefficient (Wildman–Crippen LogP) is 1.13. The maximum atomic E-state index is 13.7. The molecule has 8 heteroatoms. The van der Waals surface area contributed by atoms with Crippen LogP contribution in [0.5, 0.6) is 0 Å². The van der Waals surface area contributed by atoms with Crippen LogP contribution in [0.3, 0.4) is 0 Å². The third-order valence-corrected chi connectivity index (χ3v) is 7.46. The largest absolute Gasteiger partial charge is 0.394 e. The first-order valence-electron chi connectivity index (χ1n) is 10.8. The Morgan fingerprint density at radius 2 is 1.90 bits per heavy atom. The second kappa shape index (κ2) is 7.31. The van der Waals surface area contributed by atoms with E-state index in [1.54, 1.807) is 14.0 Å². The number of para-hydroxylation sites is 1. The van der Waals surface area contributed by atoms with Crippen molar-refractivity contribution < 1.29 is 24.2 Å². The second-order valence-electron chi connectivity index (χ2n) is 9.37. The van der Waals surface area contributed by atoms with Gasteiger partial charge in [-0.3, -0.25) is 14.4 Å². The van der Waals surface area contributed by atoms with Crippen molar-refractivity contribution in [3.63, 3.8) is 0 Å². The average Bonchev–Trinajstić information content (AvgIpc) is 3.30. The molecule has 4 rings (SSSR count). The van der Waals surface area contributed by atoms with Crippen molar-refractivity contribution in [1.82, 2.24) is 10.2 Å².